The predicted octanol–water partition coefficient (Wildman–Crippen LogP) is 3.75. The third kappa shape index (κ3) is 2.37. The molecule has 1 fully saturated rings. The van der Waals surface area contributed by atoms with Crippen LogP contribution in [0.15, 0.2) is 10.8 Å². The van der Waals surface area contributed by atoms with Crippen molar-refractivity contribution in [2.45, 2.75) is 32.2 Å². The highest BCUT2D eigenvalue weighted by Crippen LogP contribution is 2.34. The minimum atomic E-state index is -2.34. The first-order valence-corrected chi connectivity index (χ1v) is 6.20. The van der Waals surface area contributed by atoms with Crippen LogP contribution in [0, 0.1) is 5.92 Å². The Morgan fingerprint density at radius 2 is 2.20 bits per heavy atom. The standard InChI is InChI=1S/C11H15F2NS/c1-7-2-3-10(14-4-7)8-5-15-6-9(8)11(12)13/h5-7,10-11,14H,2-4H2,1H3. The van der Waals surface area contributed by atoms with E-state index in [9.17, 15) is 8.78 Å². The van der Waals surface area contributed by atoms with Crippen LogP contribution in [0.1, 0.15) is 43.4 Å². The van der Waals surface area contributed by atoms with Crippen molar-refractivity contribution < 1.29 is 8.78 Å². The third-order valence-corrected chi connectivity index (χ3v) is 3.77. The Hall–Kier alpha value is -0.480. The summed E-state index contributed by atoms with van der Waals surface area (Å²) in [6, 6.07) is 0.136. The SMILES string of the molecule is CC1CCC(c2cscc2C(F)F)NC1. The molecule has 84 valence electrons. The van der Waals surface area contributed by atoms with Crippen LogP contribution in [0.25, 0.3) is 0 Å². The molecule has 0 saturated carbocycles. The van der Waals surface area contributed by atoms with Gasteiger partial charge in [0.05, 0.1) is 0 Å². The molecule has 0 spiro atoms. The van der Waals surface area contributed by atoms with E-state index in [-0.39, 0.29) is 11.6 Å². The van der Waals surface area contributed by atoms with E-state index < -0.39 is 6.43 Å². The van der Waals surface area contributed by atoms with Crippen LogP contribution >= 0.6 is 11.3 Å². The zero-order valence-corrected chi connectivity index (χ0v) is 9.49. The van der Waals surface area contributed by atoms with Crippen LogP contribution in [-0.2, 0) is 0 Å². The Morgan fingerprint density at radius 3 is 2.80 bits per heavy atom. The van der Waals surface area contributed by atoms with Crippen molar-refractivity contribution in [1.82, 2.24) is 5.32 Å². The van der Waals surface area contributed by atoms with Gasteiger partial charge in [-0.2, -0.15) is 11.3 Å². The molecule has 0 bridgehead atoms. The molecule has 0 amide bonds. The molecule has 2 rings (SSSR count). The molecule has 2 heterocycles. The Morgan fingerprint density at radius 1 is 1.40 bits per heavy atom. The van der Waals surface area contributed by atoms with Crippen LogP contribution in [0.5, 0.6) is 0 Å². The summed E-state index contributed by atoms with van der Waals surface area (Å²) in [5.41, 5.74) is 1.02. The summed E-state index contributed by atoms with van der Waals surface area (Å²) in [5.74, 6) is 0.662. The summed E-state index contributed by atoms with van der Waals surface area (Å²) in [6.45, 7) is 3.12. The molecule has 2 unspecified atom stereocenters. The lowest BCUT2D eigenvalue weighted by molar-refractivity contribution is 0.149. The van der Waals surface area contributed by atoms with Gasteiger partial charge >= 0.3 is 0 Å². The summed E-state index contributed by atoms with van der Waals surface area (Å²) >= 11 is 1.37. The van der Waals surface area contributed by atoms with E-state index >= 15 is 0 Å². The van der Waals surface area contributed by atoms with Crippen molar-refractivity contribution in [3.05, 3.63) is 21.9 Å². The number of rotatable bonds is 2. The number of nitrogens with one attached hydrogen (secondary N) is 1. The largest absolute Gasteiger partial charge is 0.310 e. The fourth-order valence-corrected chi connectivity index (χ4v) is 2.94. The van der Waals surface area contributed by atoms with Gasteiger partial charge < -0.3 is 5.32 Å². The first-order chi connectivity index (χ1) is 7.18. The van der Waals surface area contributed by atoms with Gasteiger partial charge in [0.25, 0.3) is 6.43 Å². The van der Waals surface area contributed by atoms with Crippen LogP contribution in [-0.4, -0.2) is 6.54 Å². The Bertz CT molecular complexity index is 316. The smallest absolute Gasteiger partial charge is 0.264 e. The maximum absolute atomic E-state index is 12.7. The molecular weight excluding hydrogens is 216 g/mol. The molecule has 1 N–H and O–H groups in total. The molecule has 1 nitrogen and oxygen atoms in total. The van der Waals surface area contributed by atoms with E-state index in [1.54, 1.807) is 5.38 Å². The van der Waals surface area contributed by atoms with Gasteiger partial charge in [0.1, 0.15) is 0 Å². The topological polar surface area (TPSA) is 12.0 Å². The van der Waals surface area contributed by atoms with E-state index in [1.807, 2.05) is 5.38 Å². The van der Waals surface area contributed by atoms with Crippen LogP contribution in [0.4, 0.5) is 8.78 Å². The second-order valence-corrected chi connectivity index (χ2v) is 4.97. The van der Waals surface area contributed by atoms with Gasteiger partial charge in [-0.05, 0) is 41.6 Å². The highest BCUT2D eigenvalue weighted by atomic mass is 32.1. The molecule has 1 aromatic heterocycles. The number of alkyl halides is 2. The van der Waals surface area contributed by atoms with Crippen LogP contribution in [0.3, 0.4) is 0 Å². The lowest BCUT2D eigenvalue weighted by Crippen LogP contribution is -2.32. The Balaban J connectivity index is 2.12. The van der Waals surface area contributed by atoms with Crippen molar-refractivity contribution in [3.63, 3.8) is 0 Å². The second-order valence-electron chi connectivity index (χ2n) is 4.23. The zero-order chi connectivity index (χ0) is 10.8. The molecular formula is C11H15F2NS. The minimum absolute atomic E-state index is 0.136. The van der Waals surface area contributed by atoms with Crippen molar-refractivity contribution in [1.29, 1.82) is 0 Å². The monoisotopic (exact) mass is 231 g/mol. The molecule has 1 aliphatic rings. The number of thiophene rings is 1. The number of hydrogen-bond donors (Lipinski definition) is 1. The fraction of sp³-hybridized carbons (Fsp3) is 0.636. The van der Waals surface area contributed by atoms with E-state index in [1.165, 1.54) is 11.3 Å². The summed E-state index contributed by atoms with van der Waals surface area (Å²) in [6.07, 6.45) is -0.249. The van der Waals surface area contributed by atoms with Crippen LogP contribution in [0.2, 0.25) is 0 Å². The van der Waals surface area contributed by atoms with Gasteiger partial charge in [0.2, 0.25) is 0 Å². The van der Waals surface area contributed by atoms with Gasteiger partial charge in [-0.25, -0.2) is 8.78 Å². The van der Waals surface area contributed by atoms with E-state index in [0.717, 1.165) is 24.9 Å². The molecule has 0 radical (unpaired) electrons. The summed E-state index contributed by atoms with van der Waals surface area (Å²) in [7, 11) is 0. The van der Waals surface area contributed by atoms with Gasteiger partial charge in [-0.1, -0.05) is 6.92 Å². The van der Waals surface area contributed by atoms with Gasteiger partial charge in [-0.3, -0.25) is 0 Å². The van der Waals surface area contributed by atoms with Crippen molar-refractivity contribution in [3.8, 4) is 0 Å². The maximum Gasteiger partial charge on any atom is 0.264 e. The molecule has 15 heavy (non-hydrogen) atoms. The fourth-order valence-electron chi connectivity index (χ4n) is 2.04. The first-order valence-electron chi connectivity index (χ1n) is 5.26. The highest BCUT2D eigenvalue weighted by molar-refractivity contribution is 7.08. The van der Waals surface area contributed by atoms with Gasteiger partial charge in [-0.15, -0.1) is 0 Å². The molecule has 0 aliphatic carbocycles. The number of piperidine rings is 1. The van der Waals surface area contributed by atoms with Crippen LogP contribution < -0.4 is 5.32 Å². The average molecular weight is 231 g/mol. The van der Waals surface area contributed by atoms with Crippen molar-refractivity contribution >= 4 is 11.3 Å². The molecule has 1 saturated heterocycles. The quantitative estimate of drug-likeness (QED) is 0.817. The third-order valence-electron chi connectivity index (χ3n) is 2.99. The lowest BCUT2D eigenvalue weighted by Gasteiger charge is -2.28. The minimum Gasteiger partial charge on any atom is -0.310 e. The normalized spacial score (nSPS) is 27.2. The summed E-state index contributed by atoms with van der Waals surface area (Å²) in [5, 5.41) is 6.77. The molecule has 4 heteroatoms. The number of halogens is 2. The maximum atomic E-state index is 12.7. The van der Waals surface area contributed by atoms with Crippen molar-refractivity contribution in [2.24, 2.45) is 5.92 Å². The van der Waals surface area contributed by atoms with E-state index in [4.69, 9.17) is 0 Å². The zero-order valence-electron chi connectivity index (χ0n) is 8.67. The highest BCUT2D eigenvalue weighted by Gasteiger charge is 2.24. The molecule has 1 aromatic rings. The summed E-state index contributed by atoms with van der Waals surface area (Å²) in [4.78, 5) is 0. The Kier molecular flexibility index (Phi) is 3.36. The van der Waals surface area contributed by atoms with Gasteiger partial charge in [0.15, 0.2) is 0 Å². The van der Waals surface area contributed by atoms with Gasteiger partial charge in [0, 0.05) is 11.6 Å². The average Bonchev–Trinajstić information content (AvgIpc) is 2.67. The first kappa shape index (κ1) is 11.0. The molecule has 2 atom stereocenters. The van der Waals surface area contributed by atoms with Crippen molar-refractivity contribution in [2.75, 3.05) is 6.54 Å². The predicted molar refractivity (Wildman–Crippen MR) is 58.4 cm³/mol. The second kappa shape index (κ2) is 4.58. The summed E-state index contributed by atoms with van der Waals surface area (Å²) < 4.78 is 25.3. The lowest BCUT2D eigenvalue weighted by atomic mass is 9.92. The molecule has 1 aliphatic heterocycles. The van der Waals surface area contributed by atoms with E-state index in [0.29, 0.717) is 5.92 Å². The van der Waals surface area contributed by atoms with E-state index in [2.05, 4.69) is 12.2 Å². The molecule has 0 aromatic carbocycles. The Labute approximate surface area is 92.5 Å². The number of hydrogen-bond acceptors (Lipinski definition) is 2.